The molecule has 110 valence electrons. The first-order valence-electron chi connectivity index (χ1n) is 6.71. The first-order chi connectivity index (χ1) is 8.39. The van der Waals surface area contributed by atoms with Crippen LogP contribution in [0, 0.1) is 0 Å². The standard InChI is InChI=1S/C12H29N3O2S/c1-12(2)15(4)10-6-5-9-14-18(16,17)11-7-8-13-3/h12-14H,5-11H2,1-4H3. The van der Waals surface area contributed by atoms with E-state index in [1.807, 2.05) is 7.05 Å². The molecular weight excluding hydrogens is 250 g/mol. The SMILES string of the molecule is CNCCCS(=O)(=O)NCCCCN(C)C(C)C. The van der Waals surface area contributed by atoms with Crippen molar-refractivity contribution >= 4 is 10.0 Å². The molecule has 0 atom stereocenters. The van der Waals surface area contributed by atoms with Crippen molar-refractivity contribution in [2.45, 2.75) is 39.2 Å². The van der Waals surface area contributed by atoms with Gasteiger partial charge in [-0.1, -0.05) is 0 Å². The molecule has 0 amide bonds. The molecule has 0 saturated heterocycles. The quantitative estimate of drug-likeness (QED) is 0.545. The number of hydrogen-bond donors (Lipinski definition) is 2. The number of rotatable bonds is 11. The second kappa shape index (κ2) is 9.72. The molecule has 18 heavy (non-hydrogen) atoms. The zero-order chi connectivity index (χ0) is 14.0. The van der Waals surface area contributed by atoms with Crippen molar-refractivity contribution in [1.29, 1.82) is 0 Å². The lowest BCUT2D eigenvalue weighted by molar-refractivity contribution is 0.268. The molecule has 0 fully saturated rings. The minimum atomic E-state index is -3.07. The molecule has 0 radical (unpaired) electrons. The minimum absolute atomic E-state index is 0.208. The fourth-order valence-electron chi connectivity index (χ4n) is 1.48. The summed E-state index contributed by atoms with van der Waals surface area (Å²) in [6.07, 6.45) is 2.57. The molecule has 0 rings (SSSR count). The van der Waals surface area contributed by atoms with E-state index in [2.05, 4.69) is 35.8 Å². The van der Waals surface area contributed by atoms with Crippen LogP contribution in [0.25, 0.3) is 0 Å². The highest BCUT2D eigenvalue weighted by molar-refractivity contribution is 7.89. The lowest BCUT2D eigenvalue weighted by atomic mass is 10.2. The third-order valence-corrected chi connectivity index (χ3v) is 4.45. The van der Waals surface area contributed by atoms with Crippen LogP contribution in [0.4, 0.5) is 0 Å². The second-order valence-corrected chi connectivity index (χ2v) is 6.88. The molecule has 0 aliphatic carbocycles. The van der Waals surface area contributed by atoms with Gasteiger partial charge in [-0.25, -0.2) is 13.1 Å². The number of unbranched alkanes of at least 4 members (excludes halogenated alkanes) is 1. The average molecular weight is 279 g/mol. The van der Waals surface area contributed by atoms with Crippen molar-refractivity contribution in [3.8, 4) is 0 Å². The van der Waals surface area contributed by atoms with Crippen LogP contribution >= 0.6 is 0 Å². The molecular formula is C12H29N3O2S. The van der Waals surface area contributed by atoms with Crippen LogP contribution in [0.5, 0.6) is 0 Å². The molecule has 5 nitrogen and oxygen atoms in total. The van der Waals surface area contributed by atoms with Gasteiger partial charge in [0.05, 0.1) is 5.75 Å². The van der Waals surface area contributed by atoms with E-state index >= 15 is 0 Å². The molecule has 6 heteroatoms. The Balaban J connectivity index is 3.59. The lowest BCUT2D eigenvalue weighted by Crippen LogP contribution is -2.30. The molecule has 0 aromatic rings. The van der Waals surface area contributed by atoms with Crippen LogP contribution in [0.3, 0.4) is 0 Å². The van der Waals surface area contributed by atoms with Gasteiger partial charge in [0.15, 0.2) is 0 Å². The van der Waals surface area contributed by atoms with E-state index in [1.54, 1.807) is 0 Å². The monoisotopic (exact) mass is 279 g/mol. The van der Waals surface area contributed by atoms with Gasteiger partial charge in [0.1, 0.15) is 0 Å². The Bertz CT molecular complexity index is 292. The van der Waals surface area contributed by atoms with Crippen molar-refractivity contribution in [2.75, 3.05) is 39.5 Å². The fraction of sp³-hybridized carbons (Fsp3) is 1.00. The summed E-state index contributed by atoms with van der Waals surface area (Å²) in [7, 11) is 0.840. The van der Waals surface area contributed by atoms with Crippen LogP contribution in [-0.2, 0) is 10.0 Å². The van der Waals surface area contributed by atoms with E-state index in [9.17, 15) is 8.42 Å². The summed E-state index contributed by atoms with van der Waals surface area (Å²) in [5.74, 6) is 0.208. The predicted molar refractivity (Wildman–Crippen MR) is 77.3 cm³/mol. The first kappa shape index (κ1) is 17.8. The Hall–Kier alpha value is -0.170. The third-order valence-electron chi connectivity index (χ3n) is 2.98. The number of nitrogens with zero attached hydrogens (tertiary/aromatic N) is 1. The topological polar surface area (TPSA) is 61.4 Å². The van der Waals surface area contributed by atoms with Gasteiger partial charge in [0.25, 0.3) is 0 Å². The Morgan fingerprint density at radius 3 is 2.33 bits per heavy atom. The average Bonchev–Trinajstić information content (AvgIpc) is 2.28. The van der Waals surface area contributed by atoms with Gasteiger partial charge in [0, 0.05) is 12.6 Å². The van der Waals surface area contributed by atoms with Crippen LogP contribution < -0.4 is 10.0 Å². The van der Waals surface area contributed by atoms with Crippen LogP contribution in [0.15, 0.2) is 0 Å². The molecule has 0 aliphatic rings. The fourth-order valence-corrected chi connectivity index (χ4v) is 2.61. The summed E-state index contributed by atoms with van der Waals surface area (Å²) in [5.41, 5.74) is 0. The number of hydrogen-bond acceptors (Lipinski definition) is 4. The molecule has 0 spiro atoms. The maximum Gasteiger partial charge on any atom is 0.211 e. The third kappa shape index (κ3) is 9.82. The van der Waals surface area contributed by atoms with Crippen LogP contribution in [0.1, 0.15) is 33.1 Å². The highest BCUT2D eigenvalue weighted by Gasteiger charge is 2.08. The smallest absolute Gasteiger partial charge is 0.211 e. The summed E-state index contributed by atoms with van der Waals surface area (Å²) >= 11 is 0. The van der Waals surface area contributed by atoms with Gasteiger partial charge in [-0.3, -0.25) is 0 Å². The van der Waals surface area contributed by atoms with Crippen molar-refractivity contribution in [2.24, 2.45) is 0 Å². The van der Waals surface area contributed by atoms with E-state index in [1.165, 1.54) is 0 Å². The van der Waals surface area contributed by atoms with Crippen molar-refractivity contribution in [3.63, 3.8) is 0 Å². The van der Waals surface area contributed by atoms with E-state index in [-0.39, 0.29) is 5.75 Å². The minimum Gasteiger partial charge on any atom is -0.320 e. The van der Waals surface area contributed by atoms with E-state index < -0.39 is 10.0 Å². The maximum absolute atomic E-state index is 11.6. The Labute approximate surface area is 112 Å². The zero-order valence-electron chi connectivity index (χ0n) is 12.2. The largest absolute Gasteiger partial charge is 0.320 e. The van der Waals surface area contributed by atoms with Crippen molar-refractivity contribution < 1.29 is 8.42 Å². The Morgan fingerprint density at radius 1 is 1.11 bits per heavy atom. The Morgan fingerprint density at radius 2 is 1.78 bits per heavy atom. The van der Waals surface area contributed by atoms with Crippen molar-refractivity contribution in [3.05, 3.63) is 0 Å². The van der Waals surface area contributed by atoms with E-state index in [0.29, 0.717) is 19.0 Å². The summed E-state index contributed by atoms with van der Waals surface area (Å²) in [6, 6.07) is 0.545. The summed E-state index contributed by atoms with van der Waals surface area (Å²) in [6.45, 7) is 6.61. The van der Waals surface area contributed by atoms with Gasteiger partial charge in [-0.15, -0.1) is 0 Å². The maximum atomic E-state index is 11.6. The highest BCUT2D eigenvalue weighted by Crippen LogP contribution is 1.98. The Kier molecular flexibility index (Phi) is 9.63. The molecule has 0 saturated carbocycles. The van der Waals surface area contributed by atoms with Crippen LogP contribution in [0.2, 0.25) is 0 Å². The highest BCUT2D eigenvalue weighted by atomic mass is 32.2. The van der Waals surface area contributed by atoms with E-state index in [4.69, 9.17) is 0 Å². The summed E-state index contributed by atoms with van der Waals surface area (Å²) in [4.78, 5) is 2.27. The normalized spacial score (nSPS) is 12.6. The summed E-state index contributed by atoms with van der Waals surface area (Å²) in [5, 5.41) is 2.94. The van der Waals surface area contributed by atoms with Gasteiger partial charge < -0.3 is 10.2 Å². The number of nitrogens with one attached hydrogen (secondary N) is 2. The molecule has 0 unspecified atom stereocenters. The molecule has 0 aromatic heterocycles. The molecule has 0 aliphatic heterocycles. The second-order valence-electron chi connectivity index (χ2n) is 4.95. The van der Waals surface area contributed by atoms with Gasteiger partial charge in [-0.2, -0.15) is 0 Å². The van der Waals surface area contributed by atoms with Crippen molar-refractivity contribution in [1.82, 2.24) is 14.9 Å². The van der Waals surface area contributed by atoms with Gasteiger partial charge in [-0.05, 0) is 60.3 Å². The first-order valence-corrected chi connectivity index (χ1v) is 8.36. The zero-order valence-corrected chi connectivity index (χ0v) is 13.0. The number of sulfonamides is 1. The molecule has 0 bridgehead atoms. The van der Waals surface area contributed by atoms with Gasteiger partial charge >= 0.3 is 0 Å². The van der Waals surface area contributed by atoms with Crippen LogP contribution in [-0.4, -0.2) is 58.8 Å². The lowest BCUT2D eigenvalue weighted by Gasteiger charge is -2.20. The molecule has 0 heterocycles. The molecule has 0 aromatic carbocycles. The predicted octanol–water partition coefficient (Wildman–Crippen LogP) is 0.636. The van der Waals surface area contributed by atoms with Gasteiger partial charge in [0.2, 0.25) is 10.0 Å². The molecule has 2 N–H and O–H groups in total. The van der Waals surface area contributed by atoms with E-state index in [0.717, 1.165) is 25.9 Å². The summed E-state index contributed by atoms with van der Waals surface area (Å²) < 4.78 is 25.8.